The zero-order valence-electron chi connectivity index (χ0n) is 11.6. The number of halogens is 2. The molecule has 0 aliphatic carbocycles. The Morgan fingerprint density at radius 3 is 2.43 bits per heavy atom. The molecule has 0 aliphatic heterocycles. The first kappa shape index (κ1) is 15.0. The second-order valence-electron chi connectivity index (χ2n) is 4.96. The molecule has 0 saturated carbocycles. The summed E-state index contributed by atoms with van der Waals surface area (Å²) >= 11 is 6.01. The van der Waals surface area contributed by atoms with Crippen LogP contribution in [-0.4, -0.2) is 7.05 Å². The first-order valence-electron chi connectivity index (χ1n) is 6.80. The van der Waals surface area contributed by atoms with Crippen molar-refractivity contribution in [3.8, 4) is 0 Å². The Bertz CT molecular complexity index is 785. The highest BCUT2D eigenvalue weighted by atomic mass is 127. The van der Waals surface area contributed by atoms with Crippen molar-refractivity contribution >= 4 is 49.3 Å². The molecule has 0 radical (unpaired) electrons. The zero-order valence-corrected chi connectivity index (χ0v) is 15.4. The summed E-state index contributed by atoms with van der Waals surface area (Å²) < 4.78 is 2.39. The second-order valence-corrected chi connectivity index (χ2v) is 7.06. The highest BCUT2D eigenvalue weighted by Gasteiger charge is 2.15. The van der Waals surface area contributed by atoms with Crippen molar-refractivity contribution in [1.82, 2.24) is 5.32 Å². The smallest absolute Gasteiger partial charge is 0.0580 e. The maximum absolute atomic E-state index is 3.65. The quantitative estimate of drug-likeness (QED) is 0.517. The van der Waals surface area contributed by atoms with Crippen molar-refractivity contribution in [2.75, 3.05) is 7.05 Å². The molecular weight excluding hydrogens is 437 g/mol. The second kappa shape index (κ2) is 6.46. The van der Waals surface area contributed by atoms with Gasteiger partial charge in [0.15, 0.2) is 0 Å². The van der Waals surface area contributed by atoms with Crippen molar-refractivity contribution in [1.29, 1.82) is 0 Å². The summed E-state index contributed by atoms with van der Waals surface area (Å²) in [6.45, 7) is 0. The van der Waals surface area contributed by atoms with E-state index in [9.17, 15) is 0 Å². The van der Waals surface area contributed by atoms with Gasteiger partial charge in [0, 0.05) is 8.04 Å². The molecule has 0 saturated heterocycles. The summed E-state index contributed by atoms with van der Waals surface area (Å²) in [5.74, 6) is 0. The monoisotopic (exact) mass is 451 g/mol. The van der Waals surface area contributed by atoms with Crippen LogP contribution in [0.1, 0.15) is 17.2 Å². The molecule has 0 fully saturated rings. The SMILES string of the molecule is CNC(c1cccc(I)c1)c1ccc(Br)c2ccccc12. The molecule has 3 rings (SSSR count). The highest BCUT2D eigenvalue weighted by molar-refractivity contribution is 14.1. The lowest BCUT2D eigenvalue weighted by Gasteiger charge is -2.20. The molecule has 0 aliphatic rings. The van der Waals surface area contributed by atoms with Crippen molar-refractivity contribution < 1.29 is 0 Å². The topological polar surface area (TPSA) is 12.0 Å². The van der Waals surface area contributed by atoms with E-state index in [1.807, 2.05) is 7.05 Å². The van der Waals surface area contributed by atoms with E-state index < -0.39 is 0 Å². The predicted molar refractivity (Wildman–Crippen MR) is 102 cm³/mol. The fraction of sp³-hybridized carbons (Fsp3) is 0.111. The van der Waals surface area contributed by atoms with Gasteiger partial charge in [-0.3, -0.25) is 0 Å². The van der Waals surface area contributed by atoms with Crippen molar-refractivity contribution in [2.45, 2.75) is 6.04 Å². The number of nitrogens with one attached hydrogen (secondary N) is 1. The van der Waals surface area contributed by atoms with Gasteiger partial charge >= 0.3 is 0 Å². The third kappa shape index (κ3) is 3.00. The minimum absolute atomic E-state index is 0.192. The molecule has 3 aromatic carbocycles. The average Bonchev–Trinajstić information content (AvgIpc) is 2.51. The minimum Gasteiger partial charge on any atom is -0.309 e. The van der Waals surface area contributed by atoms with Crippen LogP contribution >= 0.6 is 38.5 Å². The summed E-state index contributed by atoms with van der Waals surface area (Å²) in [6, 6.07) is 21.7. The standard InChI is InChI=1S/C18H15BrIN/c1-21-18(12-5-4-6-13(20)11-12)16-9-10-17(19)15-8-3-2-7-14(15)16/h2-11,18,21H,1H3. The lowest BCUT2D eigenvalue weighted by molar-refractivity contribution is 0.696. The van der Waals surface area contributed by atoms with Crippen molar-refractivity contribution in [2.24, 2.45) is 0 Å². The van der Waals surface area contributed by atoms with E-state index in [-0.39, 0.29) is 6.04 Å². The summed E-state index contributed by atoms with van der Waals surface area (Å²) in [5, 5.41) is 5.99. The number of rotatable bonds is 3. The Balaban J connectivity index is 2.20. The third-order valence-corrected chi connectivity index (χ3v) is 5.05. The molecule has 106 valence electrons. The van der Waals surface area contributed by atoms with E-state index in [4.69, 9.17) is 0 Å². The van der Waals surface area contributed by atoms with Crippen LogP contribution in [0.25, 0.3) is 10.8 Å². The maximum Gasteiger partial charge on any atom is 0.0580 e. The van der Waals surface area contributed by atoms with Crippen molar-refractivity contribution in [3.63, 3.8) is 0 Å². The molecule has 0 aromatic heterocycles. The van der Waals surface area contributed by atoms with E-state index in [1.54, 1.807) is 0 Å². The van der Waals surface area contributed by atoms with Crippen LogP contribution in [0.5, 0.6) is 0 Å². The Morgan fingerprint density at radius 1 is 0.952 bits per heavy atom. The first-order valence-corrected chi connectivity index (χ1v) is 8.68. The Morgan fingerprint density at radius 2 is 1.71 bits per heavy atom. The molecule has 21 heavy (non-hydrogen) atoms. The van der Waals surface area contributed by atoms with Crippen LogP contribution in [0.3, 0.4) is 0 Å². The van der Waals surface area contributed by atoms with Gasteiger partial charge in [-0.25, -0.2) is 0 Å². The fourth-order valence-corrected chi connectivity index (χ4v) is 3.77. The van der Waals surface area contributed by atoms with E-state index >= 15 is 0 Å². The van der Waals surface area contributed by atoms with E-state index in [0.717, 1.165) is 4.47 Å². The lowest BCUT2D eigenvalue weighted by Crippen LogP contribution is -2.18. The molecular formula is C18H15BrIN. The molecule has 1 N–H and O–H groups in total. The van der Waals surface area contributed by atoms with Crippen LogP contribution in [0.15, 0.2) is 65.1 Å². The number of hydrogen-bond acceptors (Lipinski definition) is 1. The van der Waals surface area contributed by atoms with E-state index in [2.05, 4.69) is 105 Å². The number of hydrogen-bond donors (Lipinski definition) is 1. The van der Waals surface area contributed by atoms with Crippen LogP contribution in [-0.2, 0) is 0 Å². The minimum atomic E-state index is 0.192. The molecule has 0 spiro atoms. The number of fused-ring (bicyclic) bond motifs is 1. The Hall–Kier alpha value is -0.910. The molecule has 3 aromatic rings. The van der Waals surface area contributed by atoms with Crippen LogP contribution in [0.2, 0.25) is 0 Å². The van der Waals surface area contributed by atoms with Crippen LogP contribution in [0.4, 0.5) is 0 Å². The zero-order chi connectivity index (χ0) is 14.8. The molecule has 0 bridgehead atoms. The fourth-order valence-electron chi connectivity index (χ4n) is 2.73. The highest BCUT2D eigenvalue weighted by Crippen LogP contribution is 2.33. The molecule has 3 heteroatoms. The van der Waals surface area contributed by atoms with Gasteiger partial charge in [0.2, 0.25) is 0 Å². The maximum atomic E-state index is 3.65. The molecule has 1 atom stereocenters. The summed E-state index contributed by atoms with van der Waals surface area (Å²) in [4.78, 5) is 0. The van der Waals surface area contributed by atoms with Gasteiger partial charge in [-0.2, -0.15) is 0 Å². The summed E-state index contributed by atoms with van der Waals surface area (Å²) in [5.41, 5.74) is 2.59. The average molecular weight is 452 g/mol. The van der Waals surface area contributed by atoms with E-state index in [1.165, 1.54) is 25.5 Å². The largest absolute Gasteiger partial charge is 0.309 e. The summed E-state index contributed by atoms with van der Waals surface area (Å²) in [7, 11) is 2.02. The van der Waals surface area contributed by atoms with Gasteiger partial charge in [0.05, 0.1) is 6.04 Å². The van der Waals surface area contributed by atoms with Gasteiger partial charge in [0.1, 0.15) is 0 Å². The Labute approximate surface area is 147 Å². The van der Waals surface area contributed by atoms with Gasteiger partial charge in [-0.05, 0) is 69.7 Å². The molecule has 1 nitrogen and oxygen atoms in total. The van der Waals surface area contributed by atoms with Gasteiger partial charge < -0.3 is 5.32 Å². The third-order valence-electron chi connectivity index (χ3n) is 3.69. The predicted octanol–water partition coefficient (Wildman–Crippen LogP) is 5.52. The molecule has 1 unspecified atom stereocenters. The van der Waals surface area contributed by atoms with Gasteiger partial charge in [-0.1, -0.05) is 58.4 Å². The molecule has 0 amide bonds. The number of benzene rings is 3. The van der Waals surface area contributed by atoms with Crippen LogP contribution in [0, 0.1) is 3.57 Å². The Kier molecular flexibility index (Phi) is 4.62. The first-order chi connectivity index (χ1) is 10.2. The van der Waals surface area contributed by atoms with E-state index in [0.29, 0.717) is 0 Å². The summed E-state index contributed by atoms with van der Waals surface area (Å²) in [6.07, 6.45) is 0. The molecule has 0 heterocycles. The normalized spacial score (nSPS) is 12.5. The van der Waals surface area contributed by atoms with Crippen molar-refractivity contribution in [3.05, 3.63) is 79.8 Å². The van der Waals surface area contributed by atoms with Gasteiger partial charge in [0.25, 0.3) is 0 Å². The van der Waals surface area contributed by atoms with Crippen LogP contribution < -0.4 is 5.32 Å². The lowest BCUT2D eigenvalue weighted by atomic mass is 9.94. The van der Waals surface area contributed by atoms with Gasteiger partial charge in [-0.15, -0.1) is 0 Å².